The molecule has 3 rings (SSSR count). The Morgan fingerprint density at radius 1 is 1.19 bits per heavy atom. The molecule has 0 spiro atoms. The highest BCUT2D eigenvalue weighted by Crippen LogP contribution is 2.24. The predicted molar refractivity (Wildman–Crippen MR) is 103 cm³/mol. The van der Waals surface area contributed by atoms with Crippen molar-refractivity contribution >= 4 is 23.4 Å². The lowest BCUT2D eigenvalue weighted by Gasteiger charge is -2.28. The zero-order valence-electron chi connectivity index (χ0n) is 15.4. The van der Waals surface area contributed by atoms with Crippen LogP contribution in [0.2, 0.25) is 5.02 Å². The van der Waals surface area contributed by atoms with E-state index in [1.165, 1.54) is 4.90 Å². The molecule has 2 aromatic rings. The minimum Gasteiger partial charge on any atom is -0.459 e. The number of likely N-dealkylation sites (tertiary alicyclic amines) is 1. The van der Waals surface area contributed by atoms with Crippen molar-refractivity contribution in [3.63, 3.8) is 0 Å². The zero-order chi connectivity index (χ0) is 19.4. The van der Waals surface area contributed by atoms with Crippen LogP contribution in [0, 0.1) is 5.92 Å². The largest absolute Gasteiger partial charge is 0.459 e. The third-order valence-corrected chi connectivity index (χ3v) is 5.36. The second kappa shape index (κ2) is 8.59. The second-order valence-electron chi connectivity index (χ2n) is 7.13. The van der Waals surface area contributed by atoms with E-state index in [9.17, 15) is 9.59 Å². The standard InChI is InChI=1S/C20H24ClN3O3/c1-23(19(25)13-24-10-8-15(9-11-24)20(22)26)12-17-6-7-18(27-17)14-2-4-16(21)5-3-14/h2-7,15H,8-13H2,1H3,(H2,22,26)/p+1. The van der Waals surface area contributed by atoms with E-state index in [2.05, 4.69) is 0 Å². The summed E-state index contributed by atoms with van der Waals surface area (Å²) in [5, 5.41) is 0.679. The Labute approximate surface area is 163 Å². The van der Waals surface area contributed by atoms with E-state index in [-0.39, 0.29) is 17.7 Å². The molecule has 2 amide bonds. The number of hydrogen-bond donors (Lipinski definition) is 2. The number of carbonyl (C=O) groups excluding carboxylic acids is 2. The first kappa shape index (κ1) is 19.5. The molecule has 1 fully saturated rings. The number of benzene rings is 1. The van der Waals surface area contributed by atoms with E-state index in [0.717, 1.165) is 43.0 Å². The predicted octanol–water partition coefficient (Wildman–Crippen LogP) is 1.34. The Morgan fingerprint density at radius 3 is 2.48 bits per heavy atom. The number of halogens is 1. The molecule has 1 saturated heterocycles. The van der Waals surface area contributed by atoms with Crippen molar-refractivity contribution in [1.29, 1.82) is 0 Å². The number of quaternary nitrogens is 1. The van der Waals surface area contributed by atoms with Gasteiger partial charge in [-0.1, -0.05) is 11.6 Å². The number of amides is 2. The first-order valence-corrected chi connectivity index (χ1v) is 9.51. The smallest absolute Gasteiger partial charge is 0.277 e. The van der Waals surface area contributed by atoms with E-state index < -0.39 is 0 Å². The van der Waals surface area contributed by atoms with Crippen LogP contribution in [-0.2, 0) is 16.1 Å². The lowest BCUT2D eigenvalue weighted by atomic mass is 9.96. The van der Waals surface area contributed by atoms with Crippen molar-refractivity contribution in [1.82, 2.24) is 4.90 Å². The minimum absolute atomic E-state index is 0.0454. The van der Waals surface area contributed by atoms with Crippen LogP contribution in [0.15, 0.2) is 40.8 Å². The van der Waals surface area contributed by atoms with Gasteiger partial charge in [0.05, 0.1) is 19.6 Å². The highest BCUT2D eigenvalue weighted by atomic mass is 35.5. The summed E-state index contributed by atoms with van der Waals surface area (Å²) in [6, 6.07) is 11.2. The summed E-state index contributed by atoms with van der Waals surface area (Å²) in [4.78, 5) is 26.6. The van der Waals surface area contributed by atoms with E-state index in [1.54, 1.807) is 11.9 Å². The van der Waals surface area contributed by atoms with Crippen molar-refractivity contribution in [2.45, 2.75) is 19.4 Å². The van der Waals surface area contributed by atoms with E-state index in [1.807, 2.05) is 36.4 Å². The van der Waals surface area contributed by atoms with Gasteiger partial charge in [0.2, 0.25) is 5.91 Å². The Kier molecular flexibility index (Phi) is 6.19. The van der Waals surface area contributed by atoms with Crippen molar-refractivity contribution in [2.75, 3.05) is 26.7 Å². The number of piperidine rings is 1. The van der Waals surface area contributed by atoms with Crippen LogP contribution in [0.1, 0.15) is 18.6 Å². The lowest BCUT2D eigenvalue weighted by molar-refractivity contribution is -0.898. The quantitative estimate of drug-likeness (QED) is 0.781. The number of nitrogens with one attached hydrogen (secondary N) is 1. The molecule has 144 valence electrons. The number of primary amides is 1. The fourth-order valence-corrected chi connectivity index (χ4v) is 3.52. The average Bonchev–Trinajstić information content (AvgIpc) is 3.11. The summed E-state index contributed by atoms with van der Waals surface area (Å²) < 4.78 is 5.87. The van der Waals surface area contributed by atoms with Crippen LogP contribution in [0.3, 0.4) is 0 Å². The van der Waals surface area contributed by atoms with Gasteiger partial charge < -0.3 is 20.0 Å². The lowest BCUT2D eigenvalue weighted by Crippen LogP contribution is -3.14. The summed E-state index contributed by atoms with van der Waals surface area (Å²) in [7, 11) is 1.78. The summed E-state index contributed by atoms with van der Waals surface area (Å²) in [5.74, 6) is 1.27. The second-order valence-corrected chi connectivity index (χ2v) is 7.56. The molecule has 0 saturated carbocycles. The Bertz CT molecular complexity index is 795. The number of nitrogens with zero attached hydrogens (tertiary/aromatic N) is 1. The molecule has 7 heteroatoms. The van der Waals surface area contributed by atoms with Gasteiger partial charge in [0.25, 0.3) is 5.91 Å². The molecule has 1 aromatic carbocycles. The molecule has 27 heavy (non-hydrogen) atoms. The van der Waals surface area contributed by atoms with Gasteiger partial charge in [-0.15, -0.1) is 0 Å². The molecule has 0 aliphatic carbocycles. The molecule has 0 unspecified atom stereocenters. The summed E-state index contributed by atoms with van der Waals surface area (Å²) >= 11 is 5.91. The summed E-state index contributed by atoms with van der Waals surface area (Å²) in [6.07, 6.45) is 1.51. The monoisotopic (exact) mass is 390 g/mol. The maximum Gasteiger partial charge on any atom is 0.277 e. The third-order valence-electron chi connectivity index (χ3n) is 5.11. The summed E-state index contributed by atoms with van der Waals surface area (Å²) in [6.45, 7) is 2.44. The number of furan rings is 1. The van der Waals surface area contributed by atoms with Crippen molar-refractivity contribution in [2.24, 2.45) is 11.7 Å². The maximum absolute atomic E-state index is 12.5. The van der Waals surface area contributed by atoms with Gasteiger partial charge in [-0.25, -0.2) is 0 Å². The van der Waals surface area contributed by atoms with Crippen LogP contribution in [0.4, 0.5) is 0 Å². The van der Waals surface area contributed by atoms with Crippen LogP contribution >= 0.6 is 11.6 Å². The van der Waals surface area contributed by atoms with Crippen LogP contribution in [0.5, 0.6) is 0 Å². The average molecular weight is 391 g/mol. The van der Waals surface area contributed by atoms with Crippen LogP contribution in [0.25, 0.3) is 11.3 Å². The fourth-order valence-electron chi connectivity index (χ4n) is 3.39. The van der Waals surface area contributed by atoms with Gasteiger partial charge in [-0.3, -0.25) is 9.59 Å². The van der Waals surface area contributed by atoms with Crippen molar-refractivity contribution in [3.05, 3.63) is 47.2 Å². The molecule has 1 aliphatic heterocycles. The van der Waals surface area contributed by atoms with Gasteiger partial charge in [0, 0.05) is 36.4 Å². The molecule has 0 radical (unpaired) electrons. The minimum atomic E-state index is -0.230. The Morgan fingerprint density at radius 2 is 1.85 bits per heavy atom. The molecule has 2 heterocycles. The van der Waals surface area contributed by atoms with Gasteiger partial charge in [0.15, 0.2) is 6.54 Å². The number of likely N-dealkylation sites (N-methyl/N-ethyl adjacent to an activating group) is 1. The highest BCUT2D eigenvalue weighted by molar-refractivity contribution is 6.30. The van der Waals surface area contributed by atoms with E-state index in [0.29, 0.717) is 18.1 Å². The van der Waals surface area contributed by atoms with Gasteiger partial charge >= 0.3 is 0 Å². The third kappa shape index (κ3) is 5.11. The van der Waals surface area contributed by atoms with Gasteiger partial charge in [-0.05, 0) is 36.4 Å². The normalized spacial score (nSPS) is 19.6. The van der Waals surface area contributed by atoms with Crippen molar-refractivity contribution in [3.8, 4) is 11.3 Å². The molecule has 0 atom stereocenters. The fraction of sp³-hybridized carbons (Fsp3) is 0.400. The molecule has 6 nitrogen and oxygen atoms in total. The molecular weight excluding hydrogens is 366 g/mol. The first-order valence-electron chi connectivity index (χ1n) is 9.14. The molecule has 1 aliphatic rings. The van der Waals surface area contributed by atoms with Crippen LogP contribution < -0.4 is 10.6 Å². The topological polar surface area (TPSA) is 81.0 Å². The zero-order valence-corrected chi connectivity index (χ0v) is 16.2. The number of carbonyl (C=O) groups is 2. The number of rotatable bonds is 6. The van der Waals surface area contributed by atoms with Gasteiger partial charge in [0.1, 0.15) is 11.5 Å². The molecular formula is C20H25ClN3O3+. The number of hydrogen-bond acceptors (Lipinski definition) is 3. The Hall–Kier alpha value is -2.31. The Balaban J connectivity index is 1.51. The first-order chi connectivity index (χ1) is 12.9. The number of nitrogens with two attached hydrogens (primary N) is 1. The molecule has 0 bridgehead atoms. The summed E-state index contributed by atoms with van der Waals surface area (Å²) in [5.41, 5.74) is 6.30. The SMILES string of the molecule is CN(Cc1ccc(-c2ccc(Cl)cc2)o1)C(=O)C[NH+]1CCC(C(N)=O)CC1. The molecule has 3 N–H and O–H groups in total. The highest BCUT2D eigenvalue weighted by Gasteiger charge is 2.28. The maximum atomic E-state index is 12.5. The van der Waals surface area contributed by atoms with Crippen molar-refractivity contribution < 1.29 is 18.9 Å². The van der Waals surface area contributed by atoms with Crippen LogP contribution in [-0.4, -0.2) is 43.4 Å². The van der Waals surface area contributed by atoms with E-state index >= 15 is 0 Å². The molecule has 1 aromatic heterocycles. The van der Waals surface area contributed by atoms with E-state index in [4.69, 9.17) is 21.8 Å². The van der Waals surface area contributed by atoms with Gasteiger partial charge in [-0.2, -0.15) is 0 Å².